The average molecular weight is 679 g/mol. The maximum absolute atomic E-state index is 13.8. The lowest BCUT2D eigenvalue weighted by atomic mass is 9.93. The number of carbonyl (C=O) groups is 2. The molecule has 5 rings (SSSR count). The number of nitrogens with one attached hydrogen (secondary N) is 1. The topological polar surface area (TPSA) is 55.9 Å². The van der Waals surface area contributed by atoms with Crippen LogP contribution in [-0.2, 0) is 4.79 Å². The third-order valence-electron chi connectivity index (χ3n) is 8.31. The van der Waals surface area contributed by atoms with Gasteiger partial charge in [0, 0.05) is 63.8 Å². The molecule has 0 aliphatic carbocycles. The molecule has 1 atom stereocenters. The van der Waals surface area contributed by atoms with Crippen molar-refractivity contribution < 1.29 is 35.9 Å². The number of carbonyl (C=O) groups excluding carboxylic acids is 2. The zero-order chi connectivity index (χ0) is 32.9. The standard InChI is InChI=1S/C29H31ClF6N4O2.C2H6S/c30-24-15-20(4-5-23(24)26(41)39-12-8-28(32,33)9-13-39)37-21-16-40(17-21)22-6-10-38(11-7-22)27(42)25(29(34,35)36)18-2-1-3-19(31)14-18;1-3-2/h1-5,14-15,21-22,25,37H,6-13,16-17H2;1-2H3. The lowest BCUT2D eigenvalue weighted by Gasteiger charge is -2.47. The van der Waals surface area contributed by atoms with Crippen LogP contribution in [0.25, 0.3) is 0 Å². The number of piperidine rings is 2. The number of hydrogen-bond acceptors (Lipinski definition) is 5. The first kappa shape index (κ1) is 35.2. The van der Waals surface area contributed by atoms with Crippen molar-refractivity contribution in [2.24, 2.45) is 0 Å². The summed E-state index contributed by atoms with van der Waals surface area (Å²) in [6.07, 6.45) is -0.439. The molecule has 3 saturated heterocycles. The number of amides is 2. The van der Waals surface area contributed by atoms with E-state index in [2.05, 4.69) is 10.2 Å². The number of nitrogens with zero attached hydrogens (tertiary/aromatic N) is 3. The summed E-state index contributed by atoms with van der Waals surface area (Å²) in [4.78, 5) is 30.5. The Morgan fingerprint density at radius 1 is 0.978 bits per heavy atom. The van der Waals surface area contributed by atoms with Crippen LogP contribution in [0.1, 0.15) is 47.5 Å². The monoisotopic (exact) mass is 678 g/mol. The van der Waals surface area contributed by atoms with Crippen LogP contribution in [0.2, 0.25) is 5.02 Å². The number of likely N-dealkylation sites (tertiary alicyclic amines) is 3. The molecular formula is C31H37ClF6N4O2S. The third-order valence-corrected chi connectivity index (χ3v) is 8.62. The molecule has 3 heterocycles. The van der Waals surface area contributed by atoms with Crippen LogP contribution in [-0.4, -0.2) is 102 Å². The number of rotatable bonds is 6. The third kappa shape index (κ3) is 9.00. The quantitative estimate of drug-likeness (QED) is 0.342. The van der Waals surface area contributed by atoms with Crippen molar-refractivity contribution >= 4 is 40.9 Å². The normalized spacial score (nSPS) is 20.1. The van der Waals surface area contributed by atoms with Crippen molar-refractivity contribution in [3.63, 3.8) is 0 Å². The molecule has 6 nitrogen and oxygen atoms in total. The van der Waals surface area contributed by atoms with E-state index in [9.17, 15) is 35.9 Å². The highest BCUT2D eigenvalue weighted by molar-refractivity contribution is 7.97. The Kier molecular flexibility index (Phi) is 11.6. The van der Waals surface area contributed by atoms with Crippen LogP contribution in [0.15, 0.2) is 42.5 Å². The fourth-order valence-corrected chi connectivity index (χ4v) is 6.18. The molecule has 0 bridgehead atoms. The van der Waals surface area contributed by atoms with E-state index in [1.54, 1.807) is 30.0 Å². The minimum absolute atomic E-state index is 0.0247. The first-order chi connectivity index (χ1) is 21.2. The van der Waals surface area contributed by atoms with Crippen LogP contribution >= 0.6 is 23.4 Å². The molecule has 0 aromatic heterocycles. The molecule has 2 aromatic carbocycles. The second-order valence-corrected chi connectivity index (χ2v) is 12.9. The van der Waals surface area contributed by atoms with Gasteiger partial charge in [0.2, 0.25) is 5.91 Å². The lowest BCUT2D eigenvalue weighted by molar-refractivity contribution is -0.173. The predicted octanol–water partition coefficient (Wildman–Crippen LogP) is 6.76. The molecular weight excluding hydrogens is 642 g/mol. The zero-order valence-corrected chi connectivity index (χ0v) is 26.6. The summed E-state index contributed by atoms with van der Waals surface area (Å²) in [5.74, 6) is -7.42. The zero-order valence-electron chi connectivity index (χ0n) is 25.1. The van der Waals surface area contributed by atoms with E-state index in [4.69, 9.17) is 11.6 Å². The molecule has 3 aliphatic rings. The Bertz CT molecular complexity index is 1330. The van der Waals surface area contributed by atoms with E-state index in [0.717, 1.165) is 18.2 Å². The van der Waals surface area contributed by atoms with Gasteiger partial charge in [0.25, 0.3) is 11.8 Å². The Hall–Kier alpha value is -2.64. The van der Waals surface area contributed by atoms with E-state index < -0.39 is 35.3 Å². The first-order valence-corrected chi connectivity index (χ1v) is 16.7. The molecule has 2 aromatic rings. The summed E-state index contributed by atoms with van der Waals surface area (Å²) >= 11 is 8.11. The Balaban J connectivity index is 0.00000148. The van der Waals surface area contributed by atoms with E-state index in [-0.39, 0.29) is 67.6 Å². The van der Waals surface area contributed by atoms with Gasteiger partial charge in [-0.25, -0.2) is 13.2 Å². The smallest absolute Gasteiger partial charge is 0.380 e. The largest absolute Gasteiger partial charge is 0.404 e. The van der Waals surface area contributed by atoms with Crippen molar-refractivity contribution in [3.8, 4) is 0 Å². The second-order valence-electron chi connectivity index (χ2n) is 11.6. The molecule has 3 aliphatic heterocycles. The van der Waals surface area contributed by atoms with Crippen LogP contribution in [0.5, 0.6) is 0 Å². The molecule has 248 valence electrons. The molecule has 3 fully saturated rings. The number of benzene rings is 2. The number of thioether (sulfide) groups is 1. The molecule has 0 spiro atoms. The summed E-state index contributed by atoms with van der Waals surface area (Å²) in [6, 6.07) is 9.23. The van der Waals surface area contributed by atoms with E-state index in [0.29, 0.717) is 31.6 Å². The van der Waals surface area contributed by atoms with Crippen LogP contribution in [0, 0.1) is 5.82 Å². The Labute approximate surface area is 268 Å². The molecule has 1 N–H and O–H groups in total. The van der Waals surface area contributed by atoms with E-state index >= 15 is 0 Å². The number of hydrogen-bond donors (Lipinski definition) is 1. The molecule has 1 unspecified atom stereocenters. The fourth-order valence-electron chi connectivity index (χ4n) is 5.92. The molecule has 45 heavy (non-hydrogen) atoms. The van der Waals surface area contributed by atoms with Gasteiger partial charge in [0.05, 0.1) is 16.6 Å². The number of halogens is 7. The number of anilines is 1. The van der Waals surface area contributed by atoms with Gasteiger partial charge in [-0.2, -0.15) is 24.9 Å². The van der Waals surface area contributed by atoms with E-state index in [1.807, 2.05) is 12.5 Å². The van der Waals surface area contributed by atoms with Gasteiger partial charge in [-0.1, -0.05) is 23.7 Å². The highest BCUT2D eigenvalue weighted by atomic mass is 35.5. The predicted molar refractivity (Wildman–Crippen MR) is 165 cm³/mol. The van der Waals surface area contributed by atoms with Gasteiger partial charge in [-0.15, -0.1) is 0 Å². The minimum Gasteiger partial charge on any atom is -0.380 e. The van der Waals surface area contributed by atoms with E-state index in [1.165, 1.54) is 15.9 Å². The van der Waals surface area contributed by atoms with Crippen molar-refractivity contribution in [1.82, 2.24) is 14.7 Å². The Morgan fingerprint density at radius 2 is 1.60 bits per heavy atom. The molecule has 0 radical (unpaired) electrons. The summed E-state index contributed by atoms with van der Waals surface area (Å²) < 4.78 is 81.8. The highest BCUT2D eigenvalue weighted by Crippen LogP contribution is 2.38. The van der Waals surface area contributed by atoms with Crippen molar-refractivity contribution in [2.45, 2.75) is 55.8 Å². The van der Waals surface area contributed by atoms with Crippen molar-refractivity contribution in [1.29, 1.82) is 0 Å². The van der Waals surface area contributed by atoms with Gasteiger partial charge in [0.15, 0.2) is 5.92 Å². The van der Waals surface area contributed by atoms with Crippen LogP contribution in [0.4, 0.5) is 32.0 Å². The van der Waals surface area contributed by atoms with Gasteiger partial charge in [-0.3, -0.25) is 14.5 Å². The number of alkyl halides is 5. The lowest BCUT2D eigenvalue weighted by Crippen LogP contribution is -2.60. The first-order valence-electron chi connectivity index (χ1n) is 14.7. The maximum atomic E-state index is 13.8. The highest BCUT2D eigenvalue weighted by Gasteiger charge is 2.48. The van der Waals surface area contributed by atoms with Crippen molar-refractivity contribution in [3.05, 3.63) is 64.4 Å². The summed E-state index contributed by atoms with van der Waals surface area (Å²) in [5.41, 5.74) is 0.566. The minimum atomic E-state index is -4.84. The van der Waals surface area contributed by atoms with Gasteiger partial charge < -0.3 is 15.1 Å². The van der Waals surface area contributed by atoms with Crippen molar-refractivity contribution in [2.75, 3.05) is 57.1 Å². The second kappa shape index (κ2) is 14.8. The summed E-state index contributed by atoms with van der Waals surface area (Å²) in [5, 5.41) is 3.58. The SMILES string of the molecule is CSC.O=C(c1ccc(NC2CN(C3CCN(C(=O)C(c4cccc(F)c4)C(F)(F)F)CC3)C2)cc1Cl)N1CCC(F)(F)CC1. The summed E-state index contributed by atoms with van der Waals surface area (Å²) in [7, 11) is 0. The molecule has 0 saturated carbocycles. The van der Waals surface area contributed by atoms with Gasteiger partial charge in [-0.05, 0) is 61.2 Å². The summed E-state index contributed by atoms with van der Waals surface area (Å²) in [6.45, 7) is 1.69. The molecule has 14 heteroatoms. The Morgan fingerprint density at radius 3 is 2.16 bits per heavy atom. The van der Waals surface area contributed by atoms with Gasteiger partial charge >= 0.3 is 6.18 Å². The average Bonchev–Trinajstić information content (AvgIpc) is 2.94. The fraction of sp³-hybridized carbons (Fsp3) is 0.548. The van der Waals surface area contributed by atoms with Crippen LogP contribution < -0.4 is 5.32 Å². The van der Waals surface area contributed by atoms with Gasteiger partial charge in [0.1, 0.15) is 5.82 Å². The van der Waals surface area contributed by atoms with Crippen LogP contribution in [0.3, 0.4) is 0 Å². The maximum Gasteiger partial charge on any atom is 0.404 e. The molecule has 2 amide bonds.